The smallest absolute Gasteiger partial charge is 0.344 e. The highest BCUT2D eigenvalue weighted by atomic mass is 16.5. The lowest BCUT2D eigenvalue weighted by molar-refractivity contribution is -0.144. The molecule has 0 radical (unpaired) electrons. The van der Waals surface area contributed by atoms with E-state index < -0.39 is 18.0 Å². The second-order valence-electron chi connectivity index (χ2n) is 5.24. The van der Waals surface area contributed by atoms with Gasteiger partial charge >= 0.3 is 11.9 Å². The van der Waals surface area contributed by atoms with Gasteiger partial charge in [-0.05, 0) is 45.9 Å². The Kier molecular flexibility index (Phi) is 4.40. The van der Waals surface area contributed by atoms with E-state index >= 15 is 0 Å². The van der Waals surface area contributed by atoms with Gasteiger partial charge in [0.2, 0.25) is 0 Å². The summed E-state index contributed by atoms with van der Waals surface area (Å²) < 4.78 is 16.1. The lowest BCUT2D eigenvalue weighted by atomic mass is 10.1. The van der Waals surface area contributed by atoms with E-state index in [2.05, 4.69) is 0 Å². The fraction of sp³-hybridized carbons (Fsp3) is 0.375. The van der Waals surface area contributed by atoms with Crippen LogP contribution >= 0.6 is 0 Å². The van der Waals surface area contributed by atoms with Crippen LogP contribution in [0.4, 0.5) is 0 Å². The number of aryl methyl sites for hydroxylation is 1. The number of fused-ring (bicyclic) bond motifs is 1. The first kappa shape index (κ1) is 15.9. The highest BCUT2D eigenvalue weighted by Crippen LogP contribution is 2.30. The van der Waals surface area contributed by atoms with Crippen molar-refractivity contribution in [1.29, 1.82) is 0 Å². The zero-order valence-electron chi connectivity index (χ0n) is 12.9. The van der Waals surface area contributed by atoms with Gasteiger partial charge < -0.3 is 19.0 Å². The molecular formula is C16H18O6. The van der Waals surface area contributed by atoms with E-state index in [4.69, 9.17) is 19.0 Å². The number of hydrogen-bond donors (Lipinski definition) is 1. The molecular weight excluding hydrogens is 288 g/mol. The molecule has 118 valence electrons. The van der Waals surface area contributed by atoms with Crippen molar-refractivity contribution in [2.24, 2.45) is 0 Å². The Balaban J connectivity index is 2.42. The molecule has 0 amide bonds. The third-order valence-electron chi connectivity index (χ3n) is 3.04. The van der Waals surface area contributed by atoms with Crippen LogP contribution in [0.25, 0.3) is 11.0 Å². The number of carboxylic acid groups (broad SMARTS) is 1. The molecule has 6 heteroatoms. The van der Waals surface area contributed by atoms with Crippen LogP contribution in [-0.2, 0) is 9.53 Å². The molecule has 2 aromatic rings. The van der Waals surface area contributed by atoms with E-state index in [9.17, 15) is 9.59 Å². The molecule has 0 saturated carbocycles. The molecule has 1 N–H and O–H groups in total. The maximum absolute atomic E-state index is 12.2. The Morgan fingerprint density at radius 2 is 1.91 bits per heavy atom. The molecule has 0 aliphatic rings. The van der Waals surface area contributed by atoms with Crippen LogP contribution in [0.2, 0.25) is 0 Å². The summed E-state index contributed by atoms with van der Waals surface area (Å²) in [6.07, 6.45) is -1.24. The van der Waals surface area contributed by atoms with Gasteiger partial charge in [0.25, 0.3) is 0 Å². The maximum atomic E-state index is 12.2. The van der Waals surface area contributed by atoms with Crippen molar-refractivity contribution < 1.29 is 28.6 Å². The second kappa shape index (κ2) is 6.09. The first-order valence-electron chi connectivity index (χ1n) is 6.93. The maximum Gasteiger partial charge on any atom is 0.344 e. The molecule has 22 heavy (non-hydrogen) atoms. The van der Waals surface area contributed by atoms with Crippen LogP contribution in [0.15, 0.2) is 22.6 Å². The molecule has 2 rings (SSSR count). The highest BCUT2D eigenvalue weighted by molar-refractivity contribution is 6.05. The Morgan fingerprint density at radius 1 is 1.23 bits per heavy atom. The number of esters is 1. The Hall–Kier alpha value is -2.50. The normalized spacial score (nSPS) is 12.4. The van der Waals surface area contributed by atoms with Crippen LogP contribution < -0.4 is 4.74 Å². The number of hydrogen-bond acceptors (Lipinski definition) is 5. The van der Waals surface area contributed by atoms with Crippen molar-refractivity contribution in [2.75, 3.05) is 0 Å². The molecule has 0 fully saturated rings. The third-order valence-corrected chi connectivity index (χ3v) is 3.04. The minimum atomic E-state index is -1.07. The minimum absolute atomic E-state index is 0.247. The lowest BCUT2D eigenvalue weighted by Gasteiger charge is -2.10. The molecule has 1 aromatic heterocycles. The van der Waals surface area contributed by atoms with Gasteiger partial charge in [-0.25, -0.2) is 9.59 Å². The summed E-state index contributed by atoms with van der Waals surface area (Å²) in [5, 5.41) is 9.43. The van der Waals surface area contributed by atoms with Gasteiger partial charge in [-0.1, -0.05) is 0 Å². The van der Waals surface area contributed by atoms with E-state index in [0.29, 0.717) is 28.0 Å². The monoisotopic (exact) mass is 306 g/mol. The predicted octanol–water partition coefficient (Wildman–Crippen LogP) is 3.16. The molecule has 0 unspecified atom stereocenters. The summed E-state index contributed by atoms with van der Waals surface area (Å²) in [5.41, 5.74) is 0.848. The molecule has 1 atom stereocenters. The van der Waals surface area contributed by atoms with Crippen molar-refractivity contribution in [2.45, 2.75) is 39.9 Å². The SMILES string of the molecule is Cc1oc2ccc(O[C@@H](C)C(=O)O)cc2c1C(=O)OC(C)C. The molecule has 0 spiro atoms. The number of benzene rings is 1. The molecule has 1 aromatic carbocycles. The lowest BCUT2D eigenvalue weighted by Crippen LogP contribution is -2.22. The highest BCUT2D eigenvalue weighted by Gasteiger charge is 2.21. The summed E-state index contributed by atoms with van der Waals surface area (Å²) in [6.45, 7) is 6.63. The average molecular weight is 306 g/mol. The van der Waals surface area contributed by atoms with Crippen LogP contribution in [0.1, 0.15) is 36.9 Å². The topological polar surface area (TPSA) is 86.0 Å². The summed E-state index contributed by atoms with van der Waals surface area (Å²) in [4.78, 5) is 23.0. The van der Waals surface area contributed by atoms with Gasteiger partial charge in [0.1, 0.15) is 22.7 Å². The molecule has 0 bridgehead atoms. The molecule has 1 heterocycles. The Labute approximate surface area is 127 Å². The Bertz CT molecular complexity index is 713. The van der Waals surface area contributed by atoms with Crippen LogP contribution in [0.3, 0.4) is 0 Å². The minimum Gasteiger partial charge on any atom is -0.479 e. The Morgan fingerprint density at radius 3 is 2.50 bits per heavy atom. The number of furan rings is 1. The van der Waals surface area contributed by atoms with Gasteiger partial charge in [0, 0.05) is 5.39 Å². The number of carbonyl (C=O) groups is 2. The zero-order chi connectivity index (χ0) is 16.4. The van der Waals surface area contributed by atoms with Gasteiger partial charge in [0.05, 0.1) is 6.10 Å². The number of carbonyl (C=O) groups excluding carboxylic acids is 1. The van der Waals surface area contributed by atoms with E-state index in [0.717, 1.165) is 0 Å². The third kappa shape index (κ3) is 3.21. The van der Waals surface area contributed by atoms with Crippen molar-refractivity contribution in [3.05, 3.63) is 29.5 Å². The average Bonchev–Trinajstić information content (AvgIpc) is 2.73. The van der Waals surface area contributed by atoms with Gasteiger partial charge in [-0.2, -0.15) is 0 Å². The number of rotatable bonds is 5. The van der Waals surface area contributed by atoms with Gasteiger partial charge in [-0.3, -0.25) is 0 Å². The predicted molar refractivity (Wildman–Crippen MR) is 79.2 cm³/mol. The summed E-state index contributed by atoms with van der Waals surface area (Å²) in [6, 6.07) is 4.82. The molecule has 0 aliphatic carbocycles. The standard InChI is InChI=1S/C16H18O6/c1-8(2)20-16(19)14-9(3)22-13-6-5-11(7-12(13)14)21-10(4)15(17)18/h5-8,10H,1-4H3,(H,17,18)/t10-/m0/s1. The molecule has 0 aliphatic heterocycles. The number of aliphatic carboxylic acids is 1. The van der Waals surface area contributed by atoms with Crippen molar-refractivity contribution >= 4 is 22.9 Å². The molecule has 0 saturated heterocycles. The van der Waals surface area contributed by atoms with Crippen molar-refractivity contribution in [3.63, 3.8) is 0 Å². The van der Waals surface area contributed by atoms with Crippen LogP contribution in [0.5, 0.6) is 5.75 Å². The van der Waals surface area contributed by atoms with E-state index in [1.54, 1.807) is 39.0 Å². The first-order chi connectivity index (χ1) is 10.3. The van der Waals surface area contributed by atoms with Gasteiger partial charge in [0.15, 0.2) is 6.10 Å². The first-order valence-corrected chi connectivity index (χ1v) is 6.93. The number of carboxylic acids is 1. The second-order valence-corrected chi connectivity index (χ2v) is 5.24. The quantitative estimate of drug-likeness (QED) is 0.854. The van der Waals surface area contributed by atoms with Crippen molar-refractivity contribution in [3.8, 4) is 5.75 Å². The van der Waals surface area contributed by atoms with E-state index in [-0.39, 0.29) is 6.10 Å². The van der Waals surface area contributed by atoms with Crippen LogP contribution in [-0.4, -0.2) is 29.3 Å². The summed E-state index contributed by atoms with van der Waals surface area (Å²) in [7, 11) is 0. The van der Waals surface area contributed by atoms with Crippen molar-refractivity contribution in [1.82, 2.24) is 0 Å². The largest absolute Gasteiger partial charge is 0.479 e. The van der Waals surface area contributed by atoms with Gasteiger partial charge in [-0.15, -0.1) is 0 Å². The molecule has 6 nitrogen and oxygen atoms in total. The van der Waals surface area contributed by atoms with E-state index in [1.807, 2.05) is 0 Å². The fourth-order valence-corrected chi connectivity index (χ4v) is 2.05. The fourth-order valence-electron chi connectivity index (χ4n) is 2.05. The summed E-state index contributed by atoms with van der Waals surface area (Å²) >= 11 is 0. The van der Waals surface area contributed by atoms with Crippen LogP contribution in [0, 0.1) is 6.92 Å². The van der Waals surface area contributed by atoms with E-state index in [1.165, 1.54) is 6.92 Å². The summed E-state index contributed by atoms with van der Waals surface area (Å²) in [5.74, 6) is -0.747. The number of ether oxygens (including phenoxy) is 2. The zero-order valence-corrected chi connectivity index (χ0v) is 12.9.